The van der Waals surface area contributed by atoms with Crippen LogP contribution < -0.4 is 14.2 Å². The molecular weight excluding hydrogens is 478 g/mol. The lowest BCUT2D eigenvalue weighted by atomic mass is 10.2. The highest BCUT2D eigenvalue weighted by molar-refractivity contribution is 7.93. The number of aromatic nitrogens is 2. The Bertz CT molecular complexity index is 1020. The second-order valence-corrected chi connectivity index (χ2v) is 8.96. The van der Waals surface area contributed by atoms with Crippen molar-refractivity contribution in [2.75, 3.05) is 10.8 Å². The Kier molecular flexibility index (Phi) is 8.63. The molecule has 0 amide bonds. The number of hydrogen-bond acceptors (Lipinski definition) is 4. The molecule has 0 spiro atoms. The summed E-state index contributed by atoms with van der Waals surface area (Å²) in [5.74, 6) is -1.07. The molecule has 0 aliphatic heterocycles. The maximum atomic E-state index is 13.6. The number of para-hydroxylation sites is 1. The van der Waals surface area contributed by atoms with Crippen molar-refractivity contribution < 1.29 is 44.4 Å². The molecule has 0 saturated heterocycles. The van der Waals surface area contributed by atoms with Crippen LogP contribution in [0.2, 0.25) is 0 Å². The molecule has 1 aromatic heterocycles. The summed E-state index contributed by atoms with van der Waals surface area (Å²) in [5.41, 5.74) is -5.55. The molecule has 2 N–H and O–H groups in total. The zero-order valence-electron chi connectivity index (χ0n) is 17.7. The number of phenols is 1. The van der Waals surface area contributed by atoms with E-state index in [2.05, 4.69) is 5.32 Å². The Morgan fingerprint density at radius 2 is 1.79 bits per heavy atom. The van der Waals surface area contributed by atoms with Gasteiger partial charge in [0.05, 0.1) is 25.5 Å². The van der Waals surface area contributed by atoms with Gasteiger partial charge >= 0.3 is 27.8 Å². The predicted octanol–water partition coefficient (Wildman–Crippen LogP) is 3.64. The first-order valence-corrected chi connectivity index (χ1v) is 11.5. The third-order valence-corrected chi connectivity index (χ3v) is 6.13. The van der Waals surface area contributed by atoms with Crippen LogP contribution in [0, 0.1) is 0 Å². The molecule has 7 nitrogen and oxygen atoms in total. The van der Waals surface area contributed by atoms with Crippen molar-refractivity contribution in [3.05, 3.63) is 42.2 Å². The summed E-state index contributed by atoms with van der Waals surface area (Å²) in [6.07, 6.45) is -2.53. The maximum absolute atomic E-state index is 13.6. The Hall–Kier alpha value is -2.48. The van der Waals surface area contributed by atoms with E-state index in [4.69, 9.17) is 0 Å². The maximum Gasteiger partial charge on any atom is 0.554 e. The molecule has 14 heteroatoms. The highest BCUT2D eigenvalue weighted by Crippen LogP contribution is 2.37. The van der Waals surface area contributed by atoms with Crippen molar-refractivity contribution in [2.24, 2.45) is 0 Å². The molecule has 0 saturated carbocycles. The number of rotatable bonds is 11. The molecule has 33 heavy (non-hydrogen) atoms. The minimum atomic E-state index is -6.74. The summed E-state index contributed by atoms with van der Waals surface area (Å²) in [7, 11) is -6.74. The summed E-state index contributed by atoms with van der Waals surface area (Å²) in [6.45, 7) is 1.98. The first-order chi connectivity index (χ1) is 15.3. The highest BCUT2D eigenvalue weighted by atomic mass is 32.2. The standard InChI is InChI=1S/C19H24F6N4O3S/c1-2-3-10-27-12-13-28(11-6-9-26-14-15-7-4-5-8-16(15)30)17(27)29(18(20,21)22)33(31,32)19(23,24)25/h4-5,7-8,12-13,26H,2-3,6,9-11,14H2,1H3/p+1. The van der Waals surface area contributed by atoms with Crippen LogP contribution in [0.15, 0.2) is 36.7 Å². The molecule has 0 radical (unpaired) electrons. The molecule has 2 rings (SSSR count). The van der Waals surface area contributed by atoms with Gasteiger partial charge in [0.2, 0.25) is 0 Å². The number of aryl methyl sites for hydroxylation is 2. The SMILES string of the molecule is CCCC[n+]1ccn(CCCNCc2ccccc2O)c1N(C(F)(F)F)S(=O)(=O)C(F)(F)F. The number of imidazole rings is 1. The summed E-state index contributed by atoms with van der Waals surface area (Å²) in [4.78, 5) is 0. The largest absolute Gasteiger partial charge is 0.554 e. The quantitative estimate of drug-likeness (QED) is 0.213. The van der Waals surface area contributed by atoms with Crippen LogP contribution in [0.3, 0.4) is 0 Å². The number of alkyl halides is 6. The van der Waals surface area contributed by atoms with Crippen molar-refractivity contribution in [3.63, 3.8) is 0 Å². The van der Waals surface area contributed by atoms with Gasteiger partial charge in [0.25, 0.3) is 0 Å². The number of hydrogen-bond donors (Lipinski definition) is 2. The summed E-state index contributed by atoms with van der Waals surface area (Å²) in [6, 6.07) is 6.52. The fraction of sp³-hybridized carbons (Fsp3) is 0.526. The first kappa shape index (κ1) is 26.8. The normalized spacial score (nSPS) is 12.8. The summed E-state index contributed by atoms with van der Waals surface area (Å²) in [5, 5.41) is 12.7. The number of halogens is 6. The number of benzene rings is 1. The van der Waals surface area contributed by atoms with Gasteiger partial charge in [-0.15, -0.1) is 13.2 Å². The molecule has 1 heterocycles. The number of unbranched alkanes of at least 4 members (excludes halogenated alkanes) is 1. The molecule has 0 unspecified atom stereocenters. The average molecular weight is 503 g/mol. The second-order valence-electron chi connectivity index (χ2n) is 7.18. The third kappa shape index (κ3) is 6.53. The number of sulfonamides is 1. The van der Waals surface area contributed by atoms with Crippen molar-refractivity contribution in [2.45, 2.75) is 57.6 Å². The third-order valence-electron chi connectivity index (χ3n) is 4.70. The predicted molar refractivity (Wildman–Crippen MR) is 107 cm³/mol. The molecule has 186 valence electrons. The minimum absolute atomic E-state index is 0.0628. The first-order valence-electron chi connectivity index (χ1n) is 10.0. The van der Waals surface area contributed by atoms with Gasteiger partial charge < -0.3 is 10.4 Å². The molecule has 0 aliphatic carbocycles. The molecule has 2 aromatic rings. The summed E-state index contributed by atoms with van der Waals surface area (Å²) < 4.78 is 104. The van der Waals surface area contributed by atoms with Crippen LogP contribution >= 0.6 is 0 Å². The van der Waals surface area contributed by atoms with Crippen LogP contribution in [0.1, 0.15) is 31.7 Å². The topological polar surface area (TPSA) is 78.4 Å². The number of phenolic OH excluding ortho intramolecular Hbond substituents is 1. The molecule has 0 fully saturated rings. The van der Waals surface area contributed by atoms with Crippen molar-refractivity contribution in [1.82, 2.24) is 9.88 Å². The number of nitrogens with one attached hydrogen (secondary N) is 1. The van der Waals surface area contributed by atoms with Crippen molar-refractivity contribution >= 4 is 16.0 Å². The highest BCUT2D eigenvalue weighted by Gasteiger charge is 2.65. The molecule has 0 bridgehead atoms. The van der Waals surface area contributed by atoms with Gasteiger partial charge in [-0.1, -0.05) is 35.8 Å². The van der Waals surface area contributed by atoms with Gasteiger partial charge in [-0.3, -0.25) is 0 Å². The van der Waals surface area contributed by atoms with Crippen LogP contribution in [0.4, 0.5) is 32.3 Å². The van der Waals surface area contributed by atoms with E-state index in [1.54, 1.807) is 25.1 Å². The Morgan fingerprint density at radius 3 is 2.36 bits per heavy atom. The zero-order chi connectivity index (χ0) is 24.9. The number of nitrogens with zero attached hydrogens (tertiary/aromatic N) is 3. The van der Waals surface area contributed by atoms with Crippen LogP contribution in [-0.4, -0.2) is 36.4 Å². The lowest BCUT2D eigenvalue weighted by Gasteiger charge is -2.22. The Morgan fingerprint density at radius 1 is 1.12 bits per heavy atom. The second kappa shape index (κ2) is 10.6. The van der Waals surface area contributed by atoms with Gasteiger partial charge in [0.15, 0.2) is 0 Å². The number of aromatic hydroxyl groups is 1. The van der Waals surface area contributed by atoms with E-state index in [1.165, 1.54) is 6.07 Å². The van der Waals surface area contributed by atoms with Crippen LogP contribution in [0.5, 0.6) is 5.75 Å². The lowest BCUT2D eigenvalue weighted by molar-refractivity contribution is -0.684. The molecule has 1 aromatic carbocycles. The van der Waals surface area contributed by atoms with Gasteiger partial charge in [0, 0.05) is 12.1 Å². The Balaban J connectivity index is 2.27. The van der Waals surface area contributed by atoms with E-state index >= 15 is 0 Å². The number of anilines is 1. The minimum Gasteiger partial charge on any atom is -0.508 e. The van der Waals surface area contributed by atoms with Crippen molar-refractivity contribution in [1.29, 1.82) is 0 Å². The molecule has 0 atom stereocenters. The van der Waals surface area contributed by atoms with E-state index in [0.717, 1.165) is 21.5 Å². The van der Waals surface area contributed by atoms with E-state index in [9.17, 15) is 39.9 Å². The zero-order valence-corrected chi connectivity index (χ0v) is 18.5. The van der Waals surface area contributed by atoms with Crippen LogP contribution in [0.25, 0.3) is 0 Å². The van der Waals surface area contributed by atoms with Gasteiger partial charge in [-0.05, 0) is 25.5 Å². The van der Waals surface area contributed by atoms with Gasteiger partial charge in [0.1, 0.15) is 5.75 Å². The van der Waals surface area contributed by atoms with Crippen molar-refractivity contribution in [3.8, 4) is 5.75 Å². The fourth-order valence-corrected chi connectivity index (χ4v) is 3.99. The van der Waals surface area contributed by atoms with E-state index in [1.807, 2.05) is 0 Å². The van der Waals surface area contributed by atoms with Gasteiger partial charge in [-0.2, -0.15) is 21.6 Å². The summed E-state index contributed by atoms with van der Waals surface area (Å²) >= 11 is 0. The van der Waals surface area contributed by atoms with E-state index in [-0.39, 0.29) is 38.3 Å². The van der Waals surface area contributed by atoms with Crippen LogP contribution in [-0.2, 0) is 29.7 Å². The smallest absolute Gasteiger partial charge is 0.508 e. The monoisotopic (exact) mass is 503 g/mol. The van der Waals surface area contributed by atoms with E-state index in [0.29, 0.717) is 18.4 Å². The molecular formula is C19H25F6N4O3S+. The molecule has 0 aliphatic rings. The fourth-order valence-electron chi connectivity index (χ4n) is 3.09. The average Bonchev–Trinajstić information content (AvgIpc) is 3.07. The lowest BCUT2D eigenvalue weighted by Crippen LogP contribution is -2.55. The Labute approximate surface area is 187 Å². The van der Waals surface area contributed by atoms with Gasteiger partial charge in [-0.25, -0.2) is 9.13 Å². The van der Waals surface area contributed by atoms with E-state index < -0.39 is 32.1 Å².